The lowest BCUT2D eigenvalue weighted by molar-refractivity contribution is 0.0332. The van der Waals surface area contributed by atoms with Crippen molar-refractivity contribution in [2.45, 2.75) is 45.2 Å². The third kappa shape index (κ3) is 2.78. The molecule has 0 saturated heterocycles. The lowest BCUT2D eigenvalue weighted by Crippen LogP contribution is -2.55. The van der Waals surface area contributed by atoms with E-state index in [9.17, 15) is 0 Å². The molecule has 1 aliphatic carbocycles. The molecule has 2 N–H and O–H groups in total. The number of hydrogen-bond acceptors (Lipinski definition) is 3. The fourth-order valence-corrected chi connectivity index (χ4v) is 3.69. The fourth-order valence-electron chi connectivity index (χ4n) is 3.69. The summed E-state index contributed by atoms with van der Waals surface area (Å²) in [6.45, 7) is 6.38. The van der Waals surface area contributed by atoms with E-state index < -0.39 is 0 Å². The van der Waals surface area contributed by atoms with Gasteiger partial charge < -0.3 is 10.2 Å². The van der Waals surface area contributed by atoms with Gasteiger partial charge in [0.15, 0.2) is 0 Å². The molecule has 2 unspecified atom stereocenters. The van der Waals surface area contributed by atoms with Crippen molar-refractivity contribution in [3.63, 3.8) is 0 Å². The normalized spacial score (nSPS) is 32.9. The molecule has 102 valence electrons. The largest absolute Gasteiger partial charge is 0.472 e. The minimum atomic E-state index is 0.161. The highest BCUT2D eigenvalue weighted by Crippen LogP contribution is 2.39. The van der Waals surface area contributed by atoms with Crippen molar-refractivity contribution in [1.29, 1.82) is 0 Å². The lowest BCUT2D eigenvalue weighted by Gasteiger charge is -2.48. The van der Waals surface area contributed by atoms with Crippen molar-refractivity contribution in [2.75, 3.05) is 13.6 Å². The van der Waals surface area contributed by atoms with Crippen molar-refractivity contribution in [2.24, 2.45) is 17.6 Å². The topological polar surface area (TPSA) is 42.4 Å². The van der Waals surface area contributed by atoms with Crippen LogP contribution in [0, 0.1) is 11.8 Å². The van der Waals surface area contributed by atoms with Crippen molar-refractivity contribution in [1.82, 2.24) is 4.90 Å². The Hall–Kier alpha value is -0.800. The van der Waals surface area contributed by atoms with Gasteiger partial charge in [0.1, 0.15) is 0 Å². The Morgan fingerprint density at radius 1 is 1.39 bits per heavy atom. The van der Waals surface area contributed by atoms with Gasteiger partial charge in [-0.1, -0.05) is 13.8 Å². The zero-order chi connectivity index (χ0) is 13.2. The summed E-state index contributed by atoms with van der Waals surface area (Å²) < 4.78 is 5.15. The van der Waals surface area contributed by atoms with Gasteiger partial charge in [0.25, 0.3) is 0 Å². The Bertz CT molecular complexity index is 351. The van der Waals surface area contributed by atoms with Crippen molar-refractivity contribution in [3.8, 4) is 0 Å². The third-order valence-electron chi connectivity index (χ3n) is 4.45. The third-order valence-corrected chi connectivity index (χ3v) is 4.45. The standard InChI is InChI=1S/C15H26N2O/c1-12-6-13(2)8-15(7-12,11-16)17(3)9-14-4-5-18-10-14/h4-5,10,12-13H,6-9,11,16H2,1-3H3. The summed E-state index contributed by atoms with van der Waals surface area (Å²) in [6.07, 6.45) is 7.33. The van der Waals surface area contributed by atoms with E-state index >= 15 is 0 Å². The molecule has 2 atom stereocenters. The van der Waals surface area contributed by atoms with Gasteiger partial charge in [-0.05, 0) is 44.2 Å². The van der Waals surface area contributed by atoms with E-state index in [0.717, 1.165) is 24.9 Å². The summed E-state index contributed by atoms with van der Waals surface area (Å²) in [5.74, 6) is 1.54. The first-order valence-electron chi connectivity index (χ1n) is 6.98. The summed E-state index contributed by atoms with van der Waals surface area (Å²) >= 11 is 0. The van der Waals surface area contributed by atoms with Crippen LogP contribution in [0.2, 0.25) is 0 Å². The van der Waals surface area contributed by atoms with Gasteiger partial charge in [-0.25, -0.2) is 0 Å². The Balaban J connectivity index is 2.10. The maximum absolute atomic E-state index is 6.13. The molecule has 3 nitrogen and oxygen atoms in total. The number of nitrogens with two attached hydrogens (primary N) is 1. The van der Waals surface area contributed by atoms with E-state index in [4.69, 9.17) is 10.2 Å². The molecule has 0 radical (unpaired) electrons. The van der Waals surface area contributed by atoms with Gasteiger partial charge in [0.05, 0.1) is 12.5 Å². The molecule has 3 heteroatoms. The molecule has 1 fully saturated rings. The molecule has 0 spiro atoms. The van der Waals surface area contributed by atoms with Crippen LogP contribution in [0.4, 0.5) is 0 Å². The van der Waals surface area contributed by atoms with Gasteiger partial charge in [-0.2, -0.15) is 0 Å². The Morgan fingerprint density at radius 2 is 2.06 bits per heavy atom. The second-order valence-corrected chi connectivity index (χ2v) is 6.27. The lowest BCUT2D eigenvalue weighted by atomic mass is 9.71. The van der Waals surface area contributed by atoms with Gasteiger partial charge in [-0.3, -0.25) is 4.90 Å². The molecule has 1 aliphatic rings. The van der Waals surface area contributed by atoms with Crippen LogP contribution in [0.1, 0.15) is 38.7 Å². The van der Waals surface area contributed by atoms with Crippen LogP contribution >= 0.6 is 0 Å². The number of hydrogen-bond donors (Lipinski definition) is 1. The van der Waals surface area contributed by atoms with Crippen molar-refractivity contribution >= 4 is 0 Å². The first-order chi connectivity index (χ1) is 8.55. The van der Waals surface area contributed by atoms with Crippen LogP contribution in [-0.4, -0.2) is 24.0 Å². The molecule has 1 heterocycles. The molecule has 2 rings (SSSR count). The van der Waals surface area contributed by atoms with E-state index in [1.165, 1.54) is 24.8 Å². The molecule has 0 aliphatic heterocycles. The number of nitrogens with zero attached hydrogens (tertiary/aromatic N) is 1. The monoisotopic (exact) mass is 250 g/mol. The van der Waals surface area contributed by atoms with Gasteiger partial charge >= 0.3 is 0 Å². The van der Waals surface area contributed by atoms with Crippen LogP contribution in [0.15, 0.2) is 23.0 Å². The van der Waals surface area contributed by atoms with Gasteiger partial charge in [0, 0.05) is 24.2 Å². The zero-order valence-electron chi connectivity index (χ0n) is 11.9. The van der Waals surface area contributed by atoms with Crippen LogP contribution in [-0.2, 0) is 6.54 Å². The Labute approximate surface area is 110 Å². The van der Waals surface area contributed by atoms with Crippen molar-refractivity contribution in [3.05, 3.63) is 24.2 Å². The summed E-state index contributed by atoms with van der Waals surface area (Å²) in [5, 5.41) is 0. The minimum Gasteiger partial charge on any atom is -0.472 e. The highest BCUT2D eigenvalue weighted by molar-refractivity contribution is 5.07. The maximum atomic E-state index is 6.13. The fraction of sp³-hybridized carbons (Fsp3) is 0.733. The Morgan fingerprint density at radius 3 is 2.56 bits per heavy atom. The molecule has 0 amide bonds. The van der Waals surface area contributed by atoms with E-state index in [1.807, 2.05) is 12.3 Å². The van der Waals surface area contributed by atoms with Crippen LogP contribution in [0.5, 0.6) is 0 Å². The van der Waals surface area contributed by atoms with Crippen LogP contribution in [0.25, 0.3) is 0 Å². The number of rotatable bonds is 4. The molecule has 1 saturated carbocycles. The summed E-state index contributed by atoms with van der Waals surface area (Å²) in [4.78, 5) is 2.43. The minimum absolute atomic E-state index is 0.161. The van der Waals surface area contributed by atoms with Crippen molar-refractivity contribution < 1.29 is 4.42 Å². The SMILES string of the molecule is CC1CC(C)CC(CN)(N(C)Cc2ccoc2)C1. The summed E-state index contributed by atoms with van der Waals surface area (Å²) in [5.41, 5.74) is 7.52. The average molecular weight is 250 g/mol. The molecule has 0 aromatic carbocycles. The number of furan rings is 1. The van der Waals surface area contributed by atoms with E-state index in [0.29, 0.717) is 0 Å². The smallest absolute Gasteiger partial charge is 0.0947 e. The highest BCUT2D eigenvalue weighted by Gasteiger charge is 2.39. The molecule has 0 bridgehead atoms. The Kier molecular flexibility index (Phi) is 4.13. The highest BCUT2D eigenvalue weighted by atomic mass is 16.3. The van der Waals surface area contributed by atoms with Gasteiger partial charge in [-0.15, -0.1) is 0 Å². The average Bonchev–Trinajstić information content (AvgIpc) is 2.80. The summed E-state index contributed by atoms with van der Waals surface area (Å²) in [7, 11) is 2.20. The number of likely N-dealkylation sites (N-methyl/N-ethyl adjacent to an activating group) is 1. The second kappa shape index (κ2) is 5.45. The predicted molar refractivity (Wildman–Crippen MR) is 74.1 cm³/mol. The van der Waals surface area contributed by atoms with E-state index in [2.05, 4.69) is 25.8 Å². The van der Waals surface area contributed by atoms with E-state index in [1.54, 1.807) is 6.26 Å². The molecular weight excluding hydrogens is 224 g/mol. The summed E-state index contributed by atoms with van der Waals surface area (Å²) in [6, 6.07) is 2.04. The predicted octanol–water partition coefficient (Wildman–Crippen LogP) is 2.87. The second-order valence-electron chi connectivity index (χ2n) is 6.27. The van der Waals surface area contributed by atoms with Gasteiger partial charge in [0.2, 0.25) is 0 Å². The molecule has 1 aromatic rings. The quantitative estimate of drug-likeness (QED) is 0.893. The van der Waals surface area contributed by atoms with Crippen LogP contribution in [0.3, 0.4) is 0 Å². The first-order valence-corrected chi connectivity index (χ1v) is 6.98. The molecule has 18 heavy (non-hydrogen) atoms. The van der Waals surface area contributed by atoms with E-state index in [-0.39, 0.29) is 5.54 Å². The zero-order valence-corrected chi connectivity index (χ0v) is 11.9. The van der Waals surface area contributed by atoms with Crippen LogP contribution < -0.4 is 5.73 Å². The maximum Gasteiger partial charge on any atom is 0.0947 e. The molecular formula is C15H26N2O. The molecule has 1 aromatic heterocycles. The first kappa shape index (κ1) is 13.6.